The van der Waals surface area contributed by atoms with Gasteiger partial charge in [0.1, 0.15) is 5.69 Å². The molecule has 0 bridgehead atoms. The molecular formula is C18H20N4O4S. The summed E-state index contributed by atoms with van der Waals surface area (Å²) < 4.78 is 4.77. The maximum absolute atomic E-state index is 11.5. The van der Waals surface area contributed by atoms with Gasteiger partial charge in [-0.15, -0.1) is 11.8 Å². The van der Waals surface area contributed by atoms with Crippen molar-refractivity contribution in [1.29, 1.82) is 0 Å². The Morgan fingerprint density at radius 3 is 2.70 bits per heavy atom. The third-order valence-electron chi connectivity index (χ3n) is 4.02. The molecule has 1 heterocycles. The number of aliphatic hydroxyl groups excluding tert-OH is 1. The zero-order chi connectivity index (χ0) is 19.1. The molecule has 1 aromatic heterocycles. The van der Waals surface area contributed by atoms with Crippen LogP contribution in [0.3, 0.4) is 0 Å². The fourth-order valence-electron chi connectivity index (χ4n) is 2.74. The smallest absolute Gasteiger partial charge is 0.323 e. The first-order valence-corrected chi connectivity index (χ1v) is 9.64. The molecule has 8 nitrogen and oxygen atoms in total. The van der Waals surface area contributed by atoms with Crippen LogP contribution < -0.4 is 5.32 Å². The highest BCUT2D eigenvalue weighted by atomic mass is 32.2. The molecule has 27 heavy (non-hydrogen) atoms. The minimum atomic E-state index is -0.488. The molecule has 0 saturated heterocycles. The zero-order valence-electron chi connectivity index (χ0n) is 14.6. The average Bonchev–Trinajstić information content (AvgIpc) is 3.15. The molecule has 3 aromatic rings. The summed E-state index contributed by atoms with van der Waals surface area (Å²) in [6.07, 6.45) is 2.42. The normalized spacial score (nSPS) is 11.0. The van der Waals surface area contributed by atoms with Crippen LogP contribution >= 0.6 is 11.8 Å². The summed E-state index contributed by atoms with van der Waals surface area (Å²) in [5, 5.41) is 31.0. The number of anilines is 1. The van der Waals surface area contributed by atoms with Crippen molar-refractivity contribution in [2.24, 2.45) is 0 Å². The van der Waals surface area contributed by atoms with Gasteiger partial charge in [0.15, 0.2) is 5.52 Å². The standard InChI is InChI=1S/C18H20N4O4S/c23-10-5-9-19-14-12-15(16-17(21-26-20-16)18(14)22(24)25)27-11-4-8-13-6-2-1-3-7-13/h1-3,6-7,12,19,23H,4-5,8-11H2. The maximum atomic E-state index is 11.5. The Kier molecular flexibility index (Phi) is 6.61. The van der Waals surface area contributed by atoms with E-state index in [0.29, 0.717) is 24.2 Å². The van der Waals surface area contributed by atoms with Crippen LogP contribution in [-0.2, 0) is 6.42 Å². The number of thioether (sulfide) groups is 1. The summed E-state index contributed by atoms with van der Waals surface area (Å²) in [5.41, 5.74) is 2.03. The predicted molar refractivity (Wildman–Crippen MR) is 104 cm³/mol. The van der Waals surface area contributed by atoms with E-state index in [9.17, 15) is 10.1 Å². The fourth-order valence-corrected chi connectivity index (χ4v) is 3.72. The molecule has 2 N–H and O–H groups in total. The van der Waals surface area contributed by atoms with Gasteiger partial charge in [-0.1, -0.05) is 30.3 Å². The monoisotopic (exact) mass is 388 g/mol. The number of aryl methyl sites for hydroxylation is 1. The highest BCUT2D eigenvalue weighted by Crippen LogP contribution is 2.38. The topological polar surface area (TPSA) is 114 Å². The van der Waals surface area contributed by atoms with Gasteiger partial charge in [0, 0.05) is 18.0 Å². The van der Waals surface area contributed by atoms with Crippen LogP contribution in [-0.4, -0.2) is 39.2 Å². The molecule has 3 rings (SSSR count). The second-order valence-electron chi connectivity index (χ2n) is 5.93. The van der Waals surface area contributed by atoms with E-state index in [2.05, 4.69) is 27.8 Å². The quantitative estimate of drug-likeness (QED) is 0.234. The van der Waals surface area contributed by atoms with Crippen LogP contribution in [0.15, 0.2) is 45.9 Å². The van der Waals surface area contributed by atoms with Crippen molar-refractivity contribution in [1.82, 2.24) is 10.3 Å². The molecule has 0 amide bonds. The molecule has 0 aliphatic heterocycles. The van der Waals surface area contributed by atoms with Crippen LogP contribution in [0.2, 0.25) is 0 Å². The number of hydrogen-bond donors (Lipinski definition) is 2. The summed E-state index contributed by atoms with van der Waals surface area (Å²) in [5.74, 6) is 0.838. The van der Waals surface area contributed by atoms with Crippen LogP contribution in [0, 0.1) is 10.1 Å². The molecule has 2 aromatic carbocycles. The summed E-state index contributed by atoms with van der Waals surface area (Å²) in [7, 11) is 0. The van der Waals surface area contributed by atoms with Gasteiger partial charge >= 0.3 is 5.69 Å². The molecular weight excluding hydrogens is 368 g/mol. The highest BCUT2D eigenvalue weighted by molar-refractivity contribution is 7.99. The van der Waals surface area contributed by atoms with Gasteiger partial charge in [0.25, 0.3) is 0 Å². The van der Waals surface area contributed by atoms with Crippen LogP contribution in [0.1, 0.15) is 18.4 Å². The number of nitro benzene ring substituents is 1. The molecule has 142 valence electrons. The van der Waals surface area contributed by atoms with Gasteiger partial charge in [-0.05, 0) is 47.0 Å². The summed E-state index contributed by atoms with van der Waals surface area (Å²) in [6, 6.07) is 11.9. The second kappa shape index (κ2) is 9.33. The highest BCUT2D eigenvalue weighted by Gasteiger charge is 2.25. The Balaban J connectivity index is 1.76. The lowest BCUT2D eigenvalue weighted by Crippen LogP contribution is -2.06. The maximum Gasteiger partial charge on any atom is 0.323 e. The van der Waals surface area contributed by atoms with E-state index >= 15 is 0 Å². The van der Waals surface area contributed by atoms with Crippen molar-refractivity contribution in [3.05, 3.63) is 52.1 Å². The van der Waals surface area contributed by atoms with Crippen molar-refractivity contribution < 1.29 is 14.7 Å². The molecule has 9 heteroatoms. The van der Waals surface area contributed by atoms with Gasteiger partial charge in [0.05, 0.1) is 4.92 Å². The first kappa shape index (κ1) is 19.1. The van der Waals surface area contributed by atoms with Gasteiger partial charge in [-0.3, -0.25) is 10.1 Å². The van der Waals surface area contributed by atoms with E-state index < -0.39 is 4.92 Å². The zero-order valence-corrected chi connectivity index (χ0v) is 15.4. The molecule has 0 radical (unpaired) electrons. The summed E-state index contributed by atoms with van der Waals surface area (Å²) >= 11 is 1.57. The number of fused-ring (bicyclic) bond motifs is 1. The SMILES string of the molecule is O=[N+]([O-])c1c(NCCCO)cc(SCCCc2ccccc2)c2nonc12. The van der Waals surface area contributed by atoms with Gasteiger partial charge in [-0.25, -0.2) is 4.63 Å². The van der Waals surface area contributed by atoms with Gasteiger partial charge < -0.3 is 10.4 Å². The Morgan fingerprint density at radius 1 is 1.19 bits per heavy atom. The Morgan fingerprint density at radius 2 is 1.96 bits per heavy atom. The number of aromatic nitrogens is 2. The van der Waals surface area contributed by atoms with Crippen molar-refractivity contribution >= 4 is 34.2 Å². The van der Waals surface area contributed by atoms with Gasteiger partial charge in [0.2, 0.25) is 5.52 Å². The van der Waals surface area contributed by atoms with Crippen molar-refractivity contribution in [3.63, 3.8) is 0 Å². The van der Waals surface area contributed by atoms with E-state index in [1.807, 2.05) is 18.2 Å². The van der Waals surface area contributed by atoms with Crippen molar-refractivity contribution in [2.75, 3.05) is 24.2 Å². The summed E-state index contributed by atoms with van der Waals surface area (Å²) in [4.78, 5) is 11.8. The molecule has 0 aliphatic rings. The lowest BCUT2D eigenvalue weighted by atomic mass is 10.1. The fraction of sp³-hybridized carbons (Fsp3) is 0.333. The average molecular weight is 388 g/mol. The van der Waals surface area contributed by atoms with E-state index in [4.69, 9.17) is 9.74 Å². The minimum Gasteiger partial charge on any atom is -0.396 e. The molecule has 0 unspecified atom stereocenters. The number of nitrogens with one attached hydrogen (secondary N) is 1. The molecule has 0 fully saturated rings. The third-order valence-corrected chi connectivity index (χ3v) is 5.13. The van der Waals surface area contributed by atoms with Crippen molar-refractivity contribution in [3.8, 4) is 0 Å². The number of hydrogen-bond acceptors (Lipinski definition) is 8. The third kappa shape index (κ3) is 4.75. The summed E-state index contributed by atoms with van der Waals surface area (Å²) in [6.45, 7) is 0.432. The Labute approximate surface area is 160 Å². The molecule has 0 atom stereocenters. The number of nitrogens with zero attached hydrogens (tertiary/aromatic N) is 3. The Bertz CT molecular complexity index is 901. The number of aliphatic hydroxyl groups is 1. The molecule has 0 saturated carbocycles. The Hall–Kier alpha value is -2.65. The first-order valence-electron chi connectivity index (χ1n) is 8.66. The van der Waals surface area contributed by atoms with Crippen LogP contribution in [0.5, 0.6) is 0 Å². The number of nitro groups is 1. The lowest BCUT2D eigenvalue weighted by molar-refractivity contribution is -0.382. The lowest BCUT2D eigenvalue weighted by Gasteiger charge is -2.09. The molecule has 0 spiro atoms. The van der Waals surface area contributed by atoms with Crippen LogP contribution in [0.25, 0.3) is 11.0 Å². The number of benzene rings is 2. The molecule has 0 aliphatic carbocycles. The van der Waals surface area contributed by atoms with E-state index in [0.717, 1.165) is 23.5 Å². The van der Waals surface area contributed by atoms with Gasteiger partial charge in [-0.2, -0.15) is 0 Å². The predicted octanol–water partition coefficient (Wildman–Crippen LogP) is 3.65. The van der Waals surface area contributed by atoms with E-state index in [1.165, 1.54) is 5.56 Å². The largest absolute Gasteiger partial charge is 0.396 e. The number of rotatable bonds is 10. The van der Waals surface area contributed by atoms with Crippen molar-refractivity contribution in [2.45, 2.75) is 24.2 Å². The van der Waals surface area contributed by atoms with Crippen LogP contribution in [0.4, 0.5) is 11.4 Å². The second-order valence-corrected chi connectivity index (χ2v) is 7.07. The van der Waals surface area contributed by atoms with E-state index in [-0.39, 0.29) is 17.8 Å². The minimum absolute atomic E-state index is 0.00957. The first-order chi connectivity index (χ1) is 13.2. The van der Waals surface area contributed by atoms with E-state index in [1.54, 1.807) is 17.8 Å².